The van der Waals surface area contributed by atoms with Crippen LogP contribution >= 0.6 is 0 Å². The van der Waals surface area contributed by atoms with Crippen molar-refractivity contribution in [3.05, 3.63) is 23.3 Å². The molecule has 0 aliphatic carbocycles. The molecule has 5 nitrogen and oxygen atoms in total. The smallest absolute Gasteiger partial charge is 0.344 e. The number of esters is 1. The molecule has 0 saturated heterocycles. The van der Waals surface area contributed by atoms with Gasteiger partial charge in [-0.15, -0.1) is 0 Å². The third kappa shape index (κ3) is 4.82. The fourth-order valence-electron chi connectivity index (χ4n) is 1.82. The number of carbonyl (C=O) groups is 1. The molecular formula is C15H21O5S-. The van der Waals surface area contributed by atoms with E-state index in [1.807, 2.05) is 26.8 Å². The number of ether oxygens (including phenoxy) is 2. The summed E-state index contributed by atoms with van der Waals surface area (Å²) < 4.78 is 33.0. The van der Waals surface area contributed by atoms with Crippen LogP contribution in [0.3, 0.4) is 0 Å². The monoisotopic (exact) mass is 313 g/mol. The van der Waals surface area contributed by atoms with Gasteiger partial charge in [0, 0.05) is 0 Å². The third-order valence-electron chi connectivity index (χ3n) is 2.93. The summed E-state index contributed by atoms with van der Waals surface area (Å²) in [5.41, 5.74) is 1.38. The summed E-state index contributed by atoms with van der Waals surface area (Å²) >= 11 is -2.44. The fourth-order valence-corrected chi connectivity index (χ4v) is 2.41. The Hall–Kier alpha value is -1.40. The van der Waals surface area contributed by atoms with Crippen LogP contribution in [0.5, 0.6) is 5.75 Å². The molecule has 118 valence electrons. The van der Waals surface area contributed by atoms with Crippen molar-refractivity contribution in [1.29, 1.82) is 0 Å². The maximum Gasteiger partial charge on any atom is 0.344 e. The van der Waals surface area contributed by atoms with E-state index in [0.717, 1.165) is 5.56 Å². The molecule has 0 fully saturated rings. The predicted molar refractivity (Wildman–Crippen MR) is 79.2 cm³/mol. The Labute approximate surface area is 127 Å². The first-order chi connectivity index (χ1) is 9.66. The van der Waals surface area contributed by atoms with E-state index in [9.17, 15) is 13.6 Å². The zero-order valence-electron chi connectivity index (χ0n) is 13.0. The maximum atomic E-state index is 11.4. The third-order valence-corrected chi connectivity index (χ3v) is 3.59. The molecule has 21 heavy (non-hydrogen) atoms. The largest absolute Gasteiger partial charge is 0.768 e. The highest BCUT2D eigenvalue weighted by Crippen LogP contribution is 2.33. The summed E-state index contributed by atoms with van der Waals surface area (Å²) in [5, 5.41) is 0. The summed E-state index contributed by atoms with van der Waals surface area (Å²) in [4.78, 5) is 11.4. The van der Waals surface area contributed by atoms with Gasteiger partial charge in [-0.1, -0.05) is 26.8 Å². The topological polar surface area (TPSA) is 75.7 Å². The van der Waals surface area contributed by atoms with Crippen LogP contribution in [0.4, 0.5) is 0 Å². The Morgan fingerprint density at radius 2 is 1.95 bits per heavy atom. The molecule has 0 aromatic heterocycles. The highest BCUT2D eigenvalue weighted by molar-refractivity contribution is 7.79. The Bertz CT molecular complexity index is 546. The summed E-state index contributed by atoms with van der Waals surface area (Å²) in [7, 11) is 0. The Morgan fingerprint density at radius 3 is 2.43 bits per heavy atom. The first kappa shape index (κ1) is 17.7. The first-order valence-electron chi connectivity index (χ1n) is 6.69. The molecule has 1 rings (SSSR count). The van der Waals surface area contributed by atoms with Crippen LogP contribution in [0.1, 0.15) is 38.8 Å². The highest BCUT2D eigenvalue weighted by Gasteiger charge is 2.19. The van der Waals surface area contributed by atoms with E-state index in [4.69, 9.17) is 9.47 Å². The van der Waals surface area contributed by atoms with Gasteiger partial charge in [0.1, 0.15) is 5.75 Å². The number of hydrogen-bond donors (Lipinski definition) is 0. The number of hydrogen-bond acceptors (Lipinski definition) is 5. The summed E-state index contributed by atoms with van der Waals surface area (Å²) in [6.45, 7) is 9.39. The van der Waals surface area contributed by atoms with Crippen molar-refractivity contribution in [1.82, 2.24) is 0 Å². The lowest BCUT2D eigenvalue weighted by molar-refractivity contribution is -0.145. The van der Waals surface area contributed by atoms with Crippen LogP contribution in [0, 0.1) is 6.92 Å². The Morgan fingerprint density at radius 1 is 1.33 bits per heavy atom. The van der Waals surface area contributed by atoms with Gasteiger partial charge in [-0.05, 0) is 47.5 Å². The molecular weight excluding hydrogens is 292 g/mol. The lowest BCUT2D eigenvalue weighted by Gasteiger charge is -2.23. The highest BCUT2D eigenvalue weighted by atomic mass is 32.2. The molecule has 0 amide bonds. The summed E-state index contributed by atoms with van der Waals surface area (Å²) in [6.07, 6.45) is 0. The van der Waals surface area contributed by atoms with Gasteiger partial charge in [-0.25, -0.2) is 4.79 Å². The van der Waals surface area contributed by atoms with Crippen LogP contribution in [-0.4, -0.2) is 27.9 Å². The van der Waals surface area contributed by atoms with Gasteiger partial charge >= 0.3 is 5.97 Å². The first-order valence-corrected chi connectivity index (χ1v) is 7.77. The summed E-state index contributed by atoms with van der Waals surface area (Å²) in [6, 6.07) is 3.45. The van der Waals surface area contributed by atoms with Crippen LogP contribution in [-0.2, 0) is 26.0 Å². The molecule has 0 saturated carbocycles. The minimum Gasteiger partial charge on any atom is -0.768 e. The molecule has 0 aliphatic heterocycles. The molecule has 0 spiro atoms. The molecule has 1 atom stereocenters. The molecule has 1 unspecified atom stereocenters. The van der Waals surface area contributed by atoms with Crippen molar-refractivity contribution in [3.8, 4) is 5.75 Å². The van der Waals surface area contributed by atoms with Gasteiger partial charge in [0.05, 0.1) is 11.5 Å². The van der Waals surface area contributed by atoms with Gasteiger partial charge in [-0.2, -0.15) is 0 Å². The quantitative estimate of drug-likeness (QED) is 0.616. The van der Waals surface area contributed by atoms with Crippen molar-refractivity contribution in [2.24, 2.45) is 0 Å². The Balaban J connectivity index is 3.14. The van der Waals surface area contributed by atoms with Crippen molar-refractivity contribution >= 4 is 17.0 Å². The number of aryl methyl sites for hydroxylation is 1. The van der Waals surface area contributed by atoms with E-state index in [-0.39, 0.29) is 29.3 Å². The molecule has 0 bridgehead atoms. The molecule has 0 heterocycles. The van der Waals surface area contributed by atoms with E-state index in [0.29, 0.717) is 5.56 Å². The van der Waals surface area contributed by atoms with Crippen molar-refractivity contribution in [2.75, 3.05) is 13.2 Å². The zero-order valence-corrected chi connectivity index (χ0v) is 13.8. The molecule has 0 radical (unpaired) electrons. The number of benzene rings is 1. The average molecular weight is 313 g/mol. The molecule has 6 heteroatoms. The van der Waals surface area contributed by atoms with Crippen LogP contribution in [0.2, 0.25) is 0 Å². The van der Waals surface area contributed by atoms with E-state index in [1.165, 1.54) is 0 Å². The average Bonchev–Trinajstić information content (AvgIpc) is 2.35. The molecule has 1 aromatic rings. The van der Waals surface area contributed by atoms with E-state index in [2.05, 4.69) is 0 Å². The van der Waals surface area contributed by atoms with Crippen molar-refractivity contribution in [3.63, 3.8) is 0 Å². The lowest BCUT2D eigenvalue weighted by Crippen LogP contribution is -2.17. The molecule has 1 aromatic carbocycles. The molecule has 0 aliphatic rings. The van der Waals surface area contributed by atoms with Gasteiger partial charge < -0.3 is 14.0 Å². The van der Waals surface area contributed by atoms with E-state index >= 15 is 0 Å². The predicted octanol–water partition coefficient (Wildman–Crippen LogP) is 2.47. The second-order valence-electron chi connectivity index (χ2n) is 5.70. The Kier molecular flexibility index (Phi) is 5.92. The lowest BCUT2D eigenvalue weighted by atomic mass is 9.86. The van der Waals surface area contributed by atoms with Crippen molar-refractivity contribution < 1.29 is 23.0 Å². The van der Waals surface area contributed by atoms with Gasteiger partial charge in [0.15, 0.2) is 6.61 Å². The minimum absolute atomic E-state index is 0.0595. The standard InChI is InChI=1S/C15H22O5S/c1-6-19-13(16)9-20-14-10(2)7-11(15(3,4)5)8-12(14)21(17)18/h7-8H,6,9H2,1-5H3,(H,17,18)/p-1. The van der Waals surface area contributed by atoms with E-state index in [1.54, 1.807) is 19.9 Å². The van der Waals surface area contributed by atoms with Crippen molar-refractivity contribution in [2.45, 2.75) is 44.9 Å². The van der Waals surface area contributed by atoms with Crippen LogP contribution in [0.25, 0.3) is 0 Å². The fraction of sp³-hybridized carbons (Fsp3) is 0.533. The maximum absolute atomic E-state index is 11.4. The van der Waals surface area contributed by atoms with Gasteiger partial charge in [0.2, 0.25) is 0 Å². The van der Waals surface area contributed by atoms with Gasteiger partial charge in [0.25, 0.3) is 0 Å². The van der Waals surface area contributed by atoms with Gasteiger partial charge in [-0.3, -0.25) is 4.21 Å². The van der Waals surface area contributed by atoms with E-state index < -0.39 is 17.0 Å². The second kappa shape index (κ2) is 7.04. The zero-order chi connectivity index (χ0) is 16.2. The number of carbonyl (C=O) groups excluding carboxylic acids is 1. The SMILES string of the molecule is CCOC(=O)COc1c(C)cc(C(C)(C)C)cc1S(=O)[O-]. The normalized spacial score (nSPS) is 12.9. The minimum atomic E-state index is -2.44. The molecule has 0 N–H and O–H groups in total. The number of rotatable bonds is 5. The van der Waals surface area contributed by atoms with Crippen LogP contribution in [0.15, 0.2) is 17.0 Å². The van der Waals surface area contributed by atoms with Crippen LogP contribution < -0.4 is 4.74 Å². The second-order valence-corrected chi connectivity index (χ2v) is 6.61. The summed E-state index contributed by atoms with van der Waals surface area (Å²) in [5.74, 6) is -0.330.